The van der Waals surface area contributed by atoms with Crippen LogP contribution in [0.4, 0.5) is 0 Å². The monoisotopic (exact) mass is 185 g/mol. The summed E-state index contributed by atoms with van der Waals surface area (Å²) in [7, 11) is 0. The van der Waals surface area contributed by atoms with E-state index in [-0.39, 0.29) is 35.5 Å². The van der Waals surface area contributed by atoms with E-state index in [1.165, 1.54) is 0 Å². The molecule has 1 unspecified atom stereocenters. The van der Waals surface area contributed by atoms with Gasteiger partial charge in [-0.15, -0.1) is 0 Å². The molecule has 60 valence electrons. The van der Waals surface area contributed by atoms with Crippen molar-refractivity contribution in [3.63, 3.8) is 0 Å². The Hall–Kier alpha value is 0.536. The Labute approximate surface area is 90.3 Å². The molecule has 1 saturated heterocycles. The topological polar surface area (TPSA) is 32.3 Å². The summed E-state index contributed by atoms with van der Waals surface area (Å²) in [5, 5.41) is 10.1. The minimum atomic E-state index is -0.704. The number of halogens is 1. The molecule has 1 rings (SSSR count). The maximum Gasteiger partial charge on any atom is 2.00 e. The maximum atomic E-state index is 10.1. The number of rotatable bonds is 0. The molecular weight excluding hydrogens is 176 g/mol. The second-order valence-electron chi connectivity index (χ2n) is 1.69. The fraction of sp³-hybridized carbons (Fsp3) is 0.714. The van der Waals surface area contributed by atoms with E-state index in [0.717, 1.165) is 6.42 Å². The van der Waals surface area contributed by atoms with Gasteiger partial charge in [0.25, 0.3) is 0 Å². The molecule has 0 aromatic carbocycles. The van der Waals surface area contributed by atoms with Crippen molar-refractivity contribution in [1.29, 1.82) is 0 Å². The van der Waals surface area contributed by atoms with E-state index in [1.807, 2.05) is 5.92 Å². The van der Waals surface area contributed by atoms with Gasteiger partial charge in [-0.2, -0.15) is 0 Å². The Morgan fingerprint density at radius 1 is 1.64 bits per heavy atom. The molecule has 0 N–H and O–H groups in total. The van der Waals surface area contributed by atoms with Crippen molar-refractivity contribution in [1.82, 2.24) is 0 Å². The number of hydrogen-bond donors (Lipinski definition) is 0. The van der Waals surface area contributed by atoms with Crippen LogP contribution in [0.25, 0.3) is 0 Å². The Kier molecular flexibility index (Phi) is 21.0. The van der Waals surface area contributed by atoms with Gasteiger partial charge in [-0.25, -0.2) is 0 Å². The van der Waals surface area contributed by atoms with Crippen molar-refractivity contribution >= 4 is 23.1 Å². The van der Waals surface area contributed by atoms with E-state index in [0.29, 0.717) is 13.0 Å². The zero-order chi connectivity index (χ0) is 7.11. The van der Waals surface area contributed by atoms with Crippen LogP contribution < -0.4 is 17.5 Å². The first-order chi connectivity index (χ1) is 4.31. The zero-order valence-corrected chi connectivity index (χ0v) is 8.77. The molecule has 0 bridgehead atoms. The molecule has 2 nitrogen and oxygen atoms in total. The molecule has 0 radical (unpaired) electrons. The van der Waals surface area contributed by atoms with Crippen molar-refractivity contribution in [3.05, 3.63) is 6.42 Å². The van der Waals surface area contributed by atoms with Gasteiger partial charge in [-0.3, -0.25) is 0 Å². The Bertz CT molecular complexity index is 97.1. The van der Waals surface area contributed by atoms with E-state index in [2.05, 4.69) is 4.74 Å². The summed E-state index contributed by atoms with van der Waals surface area (Å²) >= 11 is 0. The van der Waals surface area contributed by atoms with Crippen LogP contribution in [-0.2, 0) is 4.74 Å². The Morgan fingerprint density at radius 2 is 2.09 bits per heavy atom. The first-order valence-corrected chi connectivity index (χ1v) is 2.92. The van der Waals surface area contributed by atoms with Crippen LogP contribution in [-0.4, -0.2) is 35.9 Å². The van der Waals surface area contributed by atoms with Gasteiger partial charge in [0.05, 0.1) is 0 Å². The molecule has 0 aromatic rings. The summed E-state index contributed by atoms with van der Waals surface area (Å²) in [6, 6.07) is 0. The van der Waals surface area contributed by atoms with Crippen molar-refractivity contribution in [2.45, 2.75) is 26.1 Å². The predicted octanol–water partition coefficient (Wildman–Crippen LogP) is -3.30. The standard InChI is InChI=1S/C4H7O2.C3H3.ClH.Mg/c5-4-2-1-3-6-4;1-3-2;;/h4H,1-3H2;1H3;1H;/q2*-1;;+2/p-1. The maximum absolute atomic E-state index is 10.1. The van der Waals surface area contributed by atoms with Gasteiger partial charge in [0.2, 0.25) is 0 Å². The van der Waals surface area contributed by atoms with Gasteiger partial charge < -0.3 is 34.6 Å². The summed E-state index contributed by atoms with van der Waals surface area (Å²) in [6.45, 7) is 2.22. The normalized spacial score (nSPS) is 19.5. The van der Waals surface area contributed by atoms with Gasteiger partial charge in [-0.05, 0) is 26.1 Å². The smallest absolute Gasteiger partial charge is 1.00 e. The average molecular weight is 186 g/mol. The van der Waals surface area contributed by atoms with E-state index >= 15 is 0 Å². The first-order valence-electron chi connectivity index (χ1n) is 2.92. The van der Waals surface area contributed by atoms with Gasteiger partial charge in [0, 0.05) is 6.61 Å². The van der Waals surface area contributed by atoms with Crippen molar-refractivity contribution < 1.29 is 22.3 Å². The molecule has 1 aliphatic rings. The second-order valence-corrected chi connectivity index (χ2v) is 1.69. The van der Waals surface area contributed by atoms with E-state index < -0.39 is 6.29 Å². The first kappa shape index (κ1) is 17.6. The summed E-state index contributed by atoms with van der Waals surface area (Å²) in [5.74, 6) is 2.00. The van der Waals surface area contributed by atoms with Gasteiger partial charge in [-0.1, -0.05) is 0 Å². The van der Waals surface area contributed by atoms with Gasteiger partial charge in [0.15, 0.2) is 0 Å². The SMILES string of the molecule is [C-]#CC.[Cl-].[Mg+2].[O-]C1CCCO1. The summed E-state index contributed by atoms with van der Waals surface area (Å²) < 4.78 is 4.60. The van der Waals surface area contributed by atoms with Crippen LogP contribution >= 0.6 is 0 Å². The van der Waals surface area contributed by atoms with Crippen LogP contribution in [0.5, 0.6) is 0 Å². The van der Waals surface area contributed by atoms with Crippen molar-refractivity contribution in [2.24, 2.45) is 0 Å². The summed E-state index contributed by atoms with van der Waals surface area (Å²) in [6.07, 6.45) is 6.92. The molecule has 4 heteroatoms. The molecule has 11 heavy (non-hydrogen) atoms. The van der Waals surface area contributed by atoms with Gasteiger partial charge >= 0.3 is 23.1 Å². The van der Waals surface area contributed by atoms with Crippen LogP contribution in [0.15, 0.2) is 0 Å². The molecule has 1 atom stereocenters. The third-order valence-corrected chi connectivity index (χ3v) is 0.888. The molecule has 1 fully saturated rings. The quantitative estimate of drug-likeness (QED) is 0.225. The summed E-state index contributed by atoms with van der Waals surface area (Å²) in [5.41, 5.74) is 0. The van der Waals surface area contributed by atoms with Crippen LogP contribution in [0.2, 0.25) is 0 Å². The zero-order valence-electron chi connectivity index (χ0n) is 6.60. The average Bonchev–Trinajstić information content (AvgIpc) is 2.20. The van der Waals surface area contributed by atoms with E-state index in [4.69, 9.17) is 6.42 Å². The Balaban J connectivity index is -0.000000116. The van der Waals surface area contributed by atoms with Gasteiger partial charge in [0.1, 0.15) is 0 Å². The summed E-state index contributed by atoms with van der Waals surface area (Å²) in [4.78, 5) is 0. The molecule has 0 saturated carbocycles. The fourth-order valence-corrected chi connectivity index (χ4v) is 0.548. The molecule has 1 heterocycles. The molecule has 0 aliphatic carbocycles. The molecule has 1 aliphatic heterocycles. The third-order valence-electron chi connectivity index (χ3n) is 0.888. The third kappa shape index (κ3) is 13.5. The van der Waals surface area contributed by atoms with Crippen LogP contribution in [0, 0.1) is 12.3 Å². The minimum absolute atomic E-state index is 0. The van der Waals surface area contributed by atoms with Crippen LogP contribution in [0.1, 0.15) is 19.8 Å². The van der Waals surface area contributed by atoms with E-state index in [9.17, 15) is 5.11 Å². The molecule has 0 spiro atoms. The second kappa shape index (κ2) is 13.1. The fourth-order valence-electron chi connectivity index (χ4n) is 0.548. The van der Waals surface area contributed by atoms with Crippen molar-refractivity contribution in [2.75, 3.05) is 6.61 Å². The van der Waals surface area contributed by atoms with Crippen molar-refractivity contribution in [3.8, 4) is 5.92 Å². The van der Waals surface area contributed by atoms with Crippen LogP contribution in [0.3, 0.4) is 0 Å². The number of hydrogen-bond acceptors (Lipinski definition) is 2. The minimum Gasteiger partial charge on any atom is -1.00 e. The molecular formula is C7H10ClMgO2-. The molecule has 0 amide bonds. The predicted molar refractivity (Wildman–Crippen MR) is 37.5 cm³/mol. The Morgan fingerprint density at radius 3 is 2.18 bits per heavy atom. The largest absolute Gasteiger partial charge is 2.00 e. The number of ether oxygens (including phenoxy) is 1. The van der Waals surface area contributed by atoms with E-state index in [1.54, 1.807) is 6.92 Å². The molecule has 0 aromatic heterocycles.